The first-order valence-corrected chi connectivity index (χ1v) is 5.69. The summed E-state index contributed by atoms with van der Waals surface area (Å²) in [6.45, 7) is 2.80. The zero-order valence-electron chi connectivity index (χ0n) is 9.72. The van der Waals surface area contributed by atoms with Gasteiger partial charge in [0.2, 0.25) is 11.8 Å². The van der Waals surface area contributed by atoms with Gasteiger partial charge in [0, 0.05) is 25.5 Å². The van der Waals surface area contributed by atoms with Gasteiger partial charge in [-0.1, -0.05) is 6.07 Å². The molecule has 5 heteroatoms. The first-order valence-electron chi connectivity index (χ1n) is 5.69. The molecule has 0 radical (unpaired) electrons. The molecule has 1 unspecified atom stereocenters. The monoisotopic (exact) mass is 233 g/mol. The van der Waals surface area contributed by atoms with Gasteiger partial charge in [0.15, 0.2) is 0 Å². The maximum absolute atomic E-state index is 11.8. The van der Waals surface area contributed by atoms with Crippen molar-refractivity contribution >= 4 is 11.8 Å². The summed E-state index contributed by atoms with van der Waals surface area (Å²) in [7, 11) is 0. The van der Waals surface area contributed by atoms with Gasteiger partial charge in [-0.2, -0.15) is 0 Å². The molecule has 90 valence electrons. The number of pyridine rings is 1. The lowest BCUT2D eigenvalue weighted by atomic mass is 10.2. The molecule has 1 aromatic rings. The number of nitrogens with one attached hydrogen (secondary N) is 1. The third-order valence-electron chi connectivity index (χ3n) is 2.84. The second kappa shape index (κ2) is 5.05. The van der Waals surface area contributed by atoms with Crippen LogP contribution in [0.5, 0.6) is 0 Å². The smallest absolute Gasteiger partial charge is 0.246 e. The second-order valence-electron chi connectivity index (χ2n) is 3.98. The van der Waals surface area contributed by atoms with Crippen LogP contribution in [0.4, 0.5) is 0 Å². The Morgan fingerprint density at radius 1 is 1.53 bits per heavy atom. The minimum absolute atomic E-state index is 0.0961. The van der Waals surface area contributed by atoms with Crippen molar-refractivity contribution in [2.75, 3.05) is 6.54 Å². The van der Waals surface area contributed by atoms with Crippen LogP contribution in [0.2, 0.25) is 0 Å². The van der Waals surface area contributed by atoms with Gasteiger partial charge < -0.3 is 5.32 Å². The molecule has 17 heavy (non-hydrogen) atoms. The average molecular weight is 233 g/mol. The highest BCUT2D eigenvalue weighted by Gasteiger charge is 2.36. The van der Waals surface area contributed by atoms with Crippen molar-refractivity contribution in [1.82, 2.24) is 15.2 Å². The number of imide groups is 1. The van der Waals surface area contributed by atoms with E-state index in [0.29, 0.717) is 13.1 Å². The summed E-state index contributed by atoms with van der Waals surface area (Å²) in [5.74, 6) is -0.220. The summed E-state index contributed by atoms with van der Waals surface area (Å²) >= 11 is 0. The van der Waals surface area contributed by atoms with Crippen LogP contribution in [0.3, 0.4) is 0 Å². The molecule has 1 aromatic heterocycles. The topological polar surface area (TPSA) is 62.3 Å². The largest absolute Gasteiger partial charge is 0.301 e. The van der Waals surface area contributed by atoms with E-state index < -0.39 is 0 Å². The van der Waals surface area contributed by atoms with Gasteiger partial charge in [0.05, 0.1) is 12.5 Å². The van der Waals surface area contributed by atoms with Crippen LogP contribution in [0.1, 0.15) is 18.9 Å². The summed E-state index contributed by atoms with van der Waals surface area (Å²) in [4.78, 5) is 28.6. The average Bonchev–Trinajstić information content (AvgIpc) is 2.63. The van der Waals surface area contributed by atoms with Crippen molar-refractivity contribution in [3.63, 3.8) is 0 Å². The molecule has 1 fully saturated rings. The summed E-state index contributed by atoms with van der Waals surface area (Å²) < 4.78 is 0. The fourth-order valence-electron chi connectivity index (χ4n) is 1.92. The van der Waals surface area contributed by atoms with E-state index in [1.807, 2.05) is 12.1 Å². The lowest BCUT2D eigenvalue weighted by Gasteiger charge is -2.12. The van der Waals surface area contributed by atoms with Crippen molar-refractivity contribution in [3.8, 4) is 0 Å². The molecule has 1 aliphatic rings. The maximum Gasteiger partial charge on any atom is 0.246 e. The van der Waals surface area contributed by atoms with Gasteiger partial charge >= 0.3 is 0 Å². The lowest BCUT2D eigenvalue weighted by molar-refractivity contribution is -0.138. The Morgan fingerprint density at radius 3 is 2.94 bits per heavy atom. The number of hydrogen-bond acceptors (Lipinski definition) is 4. The molecule has 0 spiro atoms. The van der Waals surface area contributed by atoms with Crippen LogP contribution in [0, 0.1) is 0 Å². The quantitative estimate of drug-likeness (QED) is 0.761. The van der Waals surface area contributed by atoms with Gasteiger partial charge in [-0.3, -0.25) is 19.5 Å². The zero-order valence-corrected chi connectivity index (χ0v) is 9.72. The van der Waals surface area contributed by atoms with Crippen LogP contribution in [0.25, 0.3) is 0 Å². The van der Waals surface area contributed by atoms with Crippen LogP contribution >= 0.6 is 0 Å². The van der Waals surface area contributed by atoms with Crippen LogP contribution in [-0.2, 0) is 16.1 Å². The van der Waals surface area contributed by atoms with Gasteiger partial charge in [-0.25, -0.2) is 0 Å². The van der Waals surface area contributed by atoms with E-state index in [2.05, 4.69) is 10.3 Å². The number of nitrogens with zero attached hydrogens (tertiary/aromatic N) is 2. The Kier molecular flexibility index (Phi) is 3.49. The highest BCUT2D eigenvalue weighted by atomic mass is 16.2. The third kappa shape index (κ3) is 2.50. The van der Waals surface area contributed by atoms with Crippen LogP contribution in [-0.4, -0.2) is 34.3 Å². The molecular formula is C12H15N3O2. The molecule has 0 aromatic carbocycles. The van der Waals surface area contributed by atoms with E-state index in [4.69, 9.17) is 0 Å². The normalized spacial score (nSPS) is 20.1. The van der Waals surface area contributed by atoms with Crippen LogP contribution in [0.15, 0.2) is 24.5 Å². The molecule has 0 saturated carbocycles. The molecule has 0 bridgehead atoms. The minimum atomic E-state index is -0.386. The number of amides is 2. The van der Waals surface area contributed by atoms with E-state index in [0.717, 1.165) is 5.56 Å². The first kappa shape index (κ1) is 11.7. The van der Waals surface area contributed by atoms with Gasteiger partial charge in [-0.15, -0.1) is 0 Å². The van der Waals surface area contributed by atoms with Crippen molar-refractivity contribution in [2.45, 2.75) is 25.9 Å². The first-order chi connectivity index (χ1) is 8.22. The molecule has 2 heterocycles. The minimum Gasteiger partial charge on any atom is -0.301 e. The molecule has 1 saturated heterocycles. The van der Waals surface area contributed by atoms with Crippen LogP contribution < -0.4 is 5.32 Å². The van der Waals surface area contributed by atoms with E-state index in [9.17, 15) is 9.59 Å². The second-order valence-corrected chi connectivity index (χ2v) is 3.98. The molecule has 1 N–H and O–H groups in total. The number of rotatable bonds is 4. The molecule has 1 atom stereocenters. The SMILES string of the molecule is CCN1C(=O)CC(NCc2cccnc2)C1=O. The molecule has 5 nitrogen and oxygen atoms in total. The number of carbonyl (C=O) groups excluding carboxylic acids is 2. The Balaban J connectivity index is 1.93. The summed E-state index contributed by atoms with van der Waals surface area (Å²) in [6.07, 6.45) is 3.70. The number of hydrogen-bond donors (Lipinski definition) is 1. The Hall–Kier alpha value is -1.75. The third-order valence-corrected chi connectivity index (χ3v) is 2.84. The highest BCUT2D eigenvalue weighted by molar-refractivity contribution is 6.05. The maximum atomic E-state index is 11.8. The predicted molar refractivity (Wildman–Crippen MR) is 61.9 cm³/mol. The predicted octanol–water partition coefficient (Wildman–Crippen LogP) is 0.319. The van der Waals surface area contributed by atoms with Crippen molar-refractivity contribution in [2.24, 2.45) is 0 Å². The number of likely N-dealkylation sites (N-methyl/N-ethyl adjacent to an activating group) is 1. The summed E-state index contributed by atoms with van der Waals surface area (Å²) in [5.41, 5.74) is 1.00. The zero-order chi connectivity index (χ0) is 12.3. The molecule has 2 rings (SSSR count). The van der Waals surface area contributed by atoms with Gasteiger partial charge in [0.25, 0.3) is 0 Å². The van der Waals surface area contributed by atoms with Crippen molar-refractivity contribution in [1.29, 1.82) is 0 Å². The van der Waals surface area contributed by atoms with Crippen molar-refractivity contribution < 1.29 is 9.59 Å². The van der Waals surface area contributed by atoms with E-state index in [1.54, 1.807) is 19.3 Å². The number of likely N-dealkylation sites (tertiary alicyclic amines) is 1. The number of carbonyl (C=O) groups is 2. The van der Waals surface area contributed by atoms with E-state index in [1.165, 1.54) is 4.90 Å². The highest BCUT2D eigenvalue weighted by Crippen LogP contribution is 2.12. The summed E-state index contributed by atoms with van der Waals surface area (Å²) in [6, 6.07) is 3.39. The van der Waals surface area contributed by atoms with Crippen molar-refractivity contribution in [3.05, 3.63) is 30.1 Å². The van der Waals surface area contributed by atoms with Gasteiger partial charge in [0.1, 0.15) is 0 Å². The number of aromatic nitrogens is 1. The fourth-order valence-corrected chi connectivity index (χ4v) is 1.92. The standard InChI is InChI=1S/C12H15N3O2/c1-2-15-11(16)6-10(12(15)17)14-8-9-4-3-5-13-7-9/h3-5,7,10,14H,2,6,8H2,1H3. The van der Waals surface area contributed by atoms with Gasteiger partial charge in [-0.05, 0) is 18.6 Å². The summed E-state index contributed by atoms with van der Waals surface area (Å²) in [5, 5.41) is 3.09. The molecular weight excluding hydrogens is 218 g/mol. The fraction of sp³-hybridized carbons (Fsp3) is 0.417. The lowest BCUT2D eigenvalue weighted by Crippen LogP contribution is -2.38. The van der Waals surface area contributed by atoms with E-state index >= 15 is 0 Å². The Bertz CT molecular complexity index is 419. The van der Waals surface area contributed by atoms with E-state index in [-0.39, 0.29) is 24.3 Å². The molecule has 0 aliphatic carbocycles. The molecule has 2 amide bonds. The Labute approximate surface area is 99.8 Å². The molecule has 1 aliphatic heterocycles. The Morgan fingerprint density at radius 2 is 2.35 bits per heavy atom.